The minimum absolute atomic E-state index is 0.137. The third kappa shape index (κ3) is 1.53. The van der Waals surface area contributed by atoms with Crippen molar-refractivity contribution < 1.29 is 9.53 Å². The number of hydrogen-bond acceptors (Lipinski definition) is 3. The molecule has 12 heavy (non-hydrogen) atoms. The highest BCUT2D eigenvalue weighted by Gasteiger charge is 2.28. The number of rotatable bonds is 1. The lowest BCUT2D eigenvalue weighted by atomic mass is 10.1. The summed E-state index contributed by atoms with van der Waals surface area (Å²) < 4.78 is 4.83. The van der Waals surface area contributed by atoms with Gasteiger partial charge in [-0.15, -0.1) is 0 Å². The van der Waals surface area contributed by atoms with Gasteiger partial charge in [0.2, 0.25) is 0 Å². The van der Waals surface area contributed by atoms with Crippen LogP contribution < -0.4 is 5.32 Å². The van der Waals surface area contributed by atoms with Gasteiger partial charge >= 0.3 is 6.09 Å². The van der Waals surface area contributed by atoms with Gasteiger partial charge in [-0.3, -0.25) is 4.90 Å². The van der Waals surface area contributed by atoms with E-state index in [9.17, 15) is 4.79 Å². The van der Waals surface area contributed by atoms with Gasteiger partial charge in [0, 0.05) is 13.1 Å². The van der Waals surface area contributed by atoms with Crippen LogP contribution >= 0.6 is 0 Å². The second kappa shape index (κ2) is 3.31. The van der Waals surface area contributed by atoms with E-state index in [2.05, 4.69) is 10.2 Å². The highest BCUT2D eigenvalue weighted by Crippen LogP contribution is 2.13. The predicted octanol–water partition coefficient (Wildman–Crippen LogP) is 0.538. The Hall–Kier alpha value is -0.770. The molecule has 68 valence electrons. The van der Waals surface area contributed by atoms with Crippen LogP contribution in [0.1, 0.15) is 19.3 Å². The zero-order valence-corrected chi connectivity index (χ0v) is 7.08. The number of cyclic esters (lactones) is 1. The van der Waals surface area contributed by atoms with Crippen molar-refractivity contribution in [3.8, 4) is 0 Å². The molecule has 2 aliphatic rings. The Labute approximate surface area is 71.9 Å². The molecular weight excluding hydrogens is 156 g/mol. The van der Waals surface area contributed by atoms with Gasteiger partial charge in [0.1, 0.15) is 12.8 Å². The Kier molecular flexibility index (Phi) is 2.17. The van der Waals surface area contributed by atoms with E-state index < -0.39 is 0 Å². The Bertz CT molecular complexity index is 178. The van der Waals surface area contributed by atoms with E-state index in [0.717, 1.165) is 13.1 Å². The number of carbonyl (C=O) groups excluding carboxylic acids is 1. The first kappa shape index (κ1) is 7.86. The molecule has 2 heterocycles. The van der Waals surface area contributed by atoms with E-state index in [1.54, 1.807) is 0 Å². The van der Waals surface area contributed by atoms with E-state index in [1.165, 1.54) is 19.3 Å². The van der Waals surface area contributed by atoms with Gasteiger partial charge in [0.15, 0.2) is 0 Å². The van der Waals surface area contributed by atoms with Crippen molar-refractivity contribution in [3.63, 3.8) is 0 Å². The molecule has 2 saturated heterocycles. The number of nitrogens with one attached hydrogen (secondary N) is 1. The van der Waals surface area contributed by atoms with Crippen LogP contribution in [0, 0.1) is 0 Å². The predicted molar refractivity (Wildman–Crippen MR) is 43.7 cm³/mol. The maximum Gasteiger partial charge on any atom is 0.408 e. The number of ether oxygens (including phenoxy) is 1. The molecule has 0 bridgehead atoms. The monoisotopic (exact) mass is 170 g/mol. The molecule has 4 nitrogen and oxygen atoms in total. The van der Waals surface area contributed by atoms with Crippen LogP contribution in [0.15, 0.2) is 0 Å². The van der Waals surface area contributed by atoms with Gasteiger partial charge in [-0.05, 0) is 12.8 Å². The lowest BCUT2D eigenvalue weighted by molar-refractivity contribution is 0.130. The van der Waals surface area contributed by atoms with E-state index in [1.807, 2.05) is 0 Å². The molecular formula is C8H14N2O2. The van der Waals surface area contributed by atoms with E-state index in [-0.39, 0.29) is 12.3 Å². The molecule has 1 unspecified atom stereocenters. The van der Waals surface area contributed by atoms with Crippen molar-refractivity contribution in [2.75, 3.05) is 19.7 Å². The van der Waals surface area contributed by atoms with Crippen LogP contribution in [-0.2, 0) is 4.74 Å². The molecule has 1 atom stereocenters. The summed E-state index contributed by atoms with van der Waals surface area (Å²) in [6, 6.07) is 0. The maximum absolute atomic E-state index is 10.7. The van der Waals surface area contributed by atoms with Gasteiger partial charge in [-0.1, -0.05) is 6.42 Å². The minimum atomic E-state index is -0.273. The second-order valence-electron chi connectivity index (χ2n) is 3.36. The van der Waals surface area contributed by atoms with E-state index in [0.29, 0.717) is 6.61 Å². The molecule has 0 aliphatic carbocycles. The van der Waals surface area contributed by atoms with E-state index in [4.69, 9.17) is 4.74 Å². The average molecular weight is 170 g/mol. The average Bonchev–Trinajstić information content (AvgIpc) is 2.54. The van der Waals surface area contributed by atoms with Crippen LogP contribution in [0.4, 0.5) is 4.79 Å². The number of alkyl carbamates (subject to hydrolysis) is 1. The maximum atomic E-state index is 10.7. The highest BCUT2D eigenvalue weighted by molar-refractivity contribution is 5.69. The fraction of sp³-hybridized carbons (Fsp3) is 0.875. The quantitative estimate of drug-likeness (QED) is 0.624. The first-order chi connectivity index (χ1) is 5.86. The lowest BCUT2D eigenvalue weighted by Gasteiger charge is -2.30. The molecule has 1 N–H and O–H groups in total. The Balaban J connectivity index is 1.86. The zero-order chi connectivity index (χ0) is 8.39. The molecule has 0 spiro atoms. The Morgan fingerprint density at radius 1 is 1.33 bits per heavy atom. The van der Waals surface area contributed by atoms with Crippen LogP contribution in [-0.4, -0.2) is 36.9 Å². The number of piperidine rings is 1. The molecule has 0 aromatic heterocycles. The van der Waals surface area contributed by atoms with Crippen LogP contribution in [0.2, 0.25) is 0 Å². The van der Waals surface area contributed by atoms with Crippen molar-refractivity contribution in [1.29, 1.82) is 0 Å². The molecule has 2 rings (SSSR count). The summed E-state index contributed by atoms with van der Waals surface area (Å²) in [6.45, 7) is 2.70. The summed E-state index contributed by atoms with van der Waals surface area (Å²) in [6.07, 6.45) is 3.67. The highest BCUT2D eigenvalue weighted by atomic mass is 16.6. The number of likely N-dealkylation sites (tertiary alicyclic amines) is 1. The smallest absolute Gasteiger partial charge is 0.408 e. The van der Waals surface area contributed by atoms with Gasteiger partial charge < -0.3 is 10.1 Å². The first-order valence-corrected chi connectivity index (χ1v) is 4.53. The van der Waals surface area contributed by atoms with Gasteiger partial charge in [0.05, 0.1) is 0 Å². The van der Waals surface area contributed by atoms with Gasteiger partial charge in [0.25, 0.3) is 0 Å². The summed E-state index contributed by atoms with van der Waals surface area (Å²) in [5.74, 6) is 0. The zero-order valence-electron chi connectivity index (χ0n) is 7.08. The SMILES string of the molecule is O=C1NC(N2CCCCC2)CO1. The van der Waals surface area contributed by atoms with Gasteiger partial charge in [-0.25, -0.2) is 4.79 Å². The molecule has 1 amide bonds. The Morgan fingerprint density at radius 2 is 2.08 bits per heavy atom. The lowest BCUT2D eigenvalue weighted by Crippen LogP contribution is -2.46. The van der Waals surface area contributed by atoms with Crippen molar-refractivity contribution in [2.45, 2.75) is 25.4 Å². The van der Waals surface area contributed by atoms with Gasteiger partial charge in [-0.2, -0.15) is 0 Å². The third-order valence-electron chi connectivity index (χ3n) is 2.49. The third-order valence-corrected chi connectivity index (χ3v) is 2.49. The molecule has 0 radical (unpaired) electrons. The largest absolute Gasteiger partial charge is 0.446 e. The summed E-state index contributed by atoms with van der Waals surface area (Å²) in [7, 11) is 0. The number of amides is 1. The number of hydrogen-bond donors (Lipinski definition) is 1. The van der Waals surface area contributed by atoms with Crippen molar-refractivity contribution in [1.82, 2.24) is 10.2 Å². The number of nitrogens with zero attached hydrogens (tertiary/aromatic N) is 1. The number of carbonyl (C=O) groups is 1. The molecule has 0 saturated carbocycles. The fourth-order valence-electron chi connectivity index (χ4n) is 1.80. The minimum Gasteiger partial charge on any atom is -0.446 e. The van der Waals surface area contributed by atoms with E-state index >= 15 is 0 Å². The first-order valence-electron chi connectivity index (χ1n) is 4.53. The standard InChI is InChI=1S/C8H14N2O2/c11-8-9-7(6-12-8)10-4-2-1-3-5-10/h7H,1-6H2,(H,9,11). The molecule has 0 aromatic carbocycles. The van der Waals surface area contributed by atoms with Crippen LogP contribution in [0.5, 0.6) is 0 Å². The summed E-state index contributed by atoms with van der Waals surface area (Å²) >= 11 is 0. The second-order valence-corrected chi connectivity index (χ2v) is 3.36. The summed E-state index contributed by atoms with van der Waals surface area (Å²) in [4.78, 5) is 13.0. The van der Waals surface area contributed by atoms with Crippen molar-refractivity contribution in [2.24, 2.45) is 0 Å². The molecule has 0 aromatic rings. The fourth-order valence-corrected chi connectivity index (χ4v) is 1.80. The van der Waals surface area contributed by atoms with Crippen LogP contribution in [0.3, 0.4) is 0 Å². The molecule has 4 heteroatoms. The normalized spacial score (nSPS) is 31.3. The Morgan fingerprint density at radius 3 is 2.67 bits per heavy atom. The molecule has 2 aliphatic heterocycles. The van der Waals surface area contributed by atoms with Crippen molar-refractivity contribution >= 4 is 6.09 Å². The summed E-state index contributed by atoms with van der Waals surface area (Å²) in [5.41, 5.74) is 0. The van der Waals surface area contributed by atoms with Crippen LogP contribution in [0.25, 0.3) is 0 Å². The topological polar surface area (TPSA) is 41.6 Å². The summed E-state index contributed by atoms with van der Waals surface area (Å²) in [5, 5.41) is 2.79. The molecule has 2 fully saturated rings. The van der Waals surface area contributed by atoms with Crippen molar-refractivity contribution in [3.05, 3.63) is 0 Å².